The first-order valence-electron chi connectivity index (χ1n) is 8.59. The average molecular weight is 365 g/mol. The molecule has 0 aliphatic carbocycles. The zero-order valence-electron chi connectivity index (χ0n) is 14.4. The van der Waals surface area contributed by atoms with Crippen LogP contribution in [0.1, 0.15) is 40.8 Å². The highest BCUT2D eigenvalue weighted by Gasteiger charge is 2.32. The lowest BCUT2D eigenvalue weighted by Gasteiger charge is -2.25. The molecule has 0 radical (unpaired) electrons. The molecule has 4 rings (SSSR count). The minimum absolute atomic E-state index is 0.0266. The van der Waals surface area contributed by atoms with Crippen molar-refractivity contribution in [2.24, 2.45) is 0 Å². The second-order valence-electron chi connectivity index (χ2n) is 6.21. The van der Waals surface area contributed by atoms with E-state index in [9.17, 15) is 4.79 Å². The molecule has 2 aromatic heterocycles. The molecule has 1 atom stereocenters. The highest BCUT2D eigenvalue weighted by molar-refractivity contribution is 7.13. The highest BCUT2D eigenvalue weighted by atomic mass is 32.1. The van der Waals surface area contributed by atoms with Crippen molar-refractivity contribution >= 4 is 28.2 Å². The van der Waals surface area contributed by atoms with E-state index in [4.69, 9.17) is 0 Å². The zero-order valence-corrected chi connectivity index (χ0v) is 15.2. The molecule has 3 heterocycles. The van der Waals surface area contributed by atoms with Gasteiger partial charge in [0, 0.05) is 29.8 Å². The van der Waals surface area contributed by atoms with Crippen molar-refractivity contribution in [3.05, 3.63) is 65.1 Å². The van der Waals surface area contributed by atoms with E-state index in [1.165, 1.54) is 11.3 Å². The summed E-state index contributed by atoms with van der Waals surface area (Å²) >= 11 is 1.52. The number of amides is 1. The summed E-state index contributed by atoms with van der Waals surface area (Å²) in [7, 11) is 0. The quantitative estimate of drug-likeness (QED) is 0.758. The van der Waals surface area contributed by atoms with Crippen LogP contribution in [0.15, 0.2) is 48.0 Å². The number of carbonyl (C=O) groups excluding carboxylic acids is 1. The first-order valence-corrected chi connectivity index (χ1v) is 9.47. The Balaban J connectivity index is 1.61. The van der Waals surface area contributed by atoms with Gasteiger partial charge in [-0.15, -0.1) is 11.3 Å². The number of rotatable bonds is 4. The van der Waals surface area contributed by atoms with Crippen LogP contribution in [0, 0.1) is 6.92 Å². The lowest BCUT2D eigenvalue weighted by molar-refractivity contribution is 0.0732. The Bertz CT molecular complexity index is 898. The number of hydrogen-bond acceptors (Lipinski definition) is 6. The second-order valence-corrected chi connectivity index (χ2v) is 7.10. The average Bonchev–Trinajstić information content (AvgIpc) is 3.33. The normalized spacial score (nSPS) is 16.7. The number of nitrogens with one attached hydrogen (secondary N) is 1. The lowest BCUT2D eigenvalue weighted by atomic mass is 10.1. The number of benzene rings is 1. The van der Waals surface area contributed by atoms with Crippen LogP contribution in [0.25, 0.3) is 0 Å². The number of aryl methyl sites for hydroxylation is 1. The van der Waals surface area contributed by atoms with Gasteiger partial charge in [-0.3, -0.25) is 4.79 Å². The van der Waals surface area contributed by atoms with Crippen LogP contribution >= 0.6 is 11.3 Å². The number of carbonyl (C=O) groups is 1. The van der Waals surface area contributed by atoms with Gasteiger partial charge < -0.3 is 10.2 Å². The maximum absolute atomic E-state index is 12.9. The van der Waals surface area contributed by atoms with E-state index in [0.29, 0.717) is 17.2 Å². The van der Waals surface area contributed by atoms with Crippen molar-refractivity contribution < 1.29 is 4.79 Å². The largest absolute Gasteiger partial charge is 0.330 e. The minimum atomic E-state index is -0.0266. The fraction of sp³-hybridized carbons (Fsp3) is 0.263. The van der Waals surface area contributed by atoms with Crippen LogP contribution in [0.5, 0.6) is 0 Å². The van der Waals surface area contributed by atoms with Gasteiger partial charge in [0.05, 0.1) is 11.7 Å². The third-order valence-electron chi connectivity index (χ3n) is 4.40. The van der Waals surface area contributed by atoms with Crippen molar-refractivity contribution in [2.45, 2.75) is 25.8 Å². The number of aromatic nitrogens is 3. The fourth-order valence-electron chi connectivity index (χ4n) is 3.28. The third kappa shape index (κ3) is 3.43. The molecule has 1 aliphatic heterocycles. The molecule has 0 spiro atoms. The van der Waals surface area contributed by atoms with Crippen LogP contribution < -0.4 is 5.32 Å². The maximum atomic E-state index is 12.9. The molecule has 26 heavy (non-hydrogen) atoms. The maximum Gasteiger partial charge on any atom is 0.254 e. The number of hydrogen-bond donors (Lipinski definition) is 1. The van der Waals surface area contributed by atoms with Gasteiger partial charge in [-0.2, -0.15) is 0 Å². The number of nitrogens with zero attached hydrogens (tertiary/aromatic N) is 4. The number of thiazole rings is 1. The van der Waals surface area contributed by atoms with Gasteiger partial charge in [-0.25, -0.2) is 15.0 Å². The molecule has 1 N–H and O–H groups in total. The Morgan fingerprint density at radius 3 is 2.88 bits per heavy atom. The van der Waals surface area contributed by atoms with Crippen LogP contribution in [0.2, 0.25) is 0 Å². The molecule has 1 unspecified atom stereocenters. The van der Waals surface area contributed by atoms with Crippen molar-refractivity contribution in [3.63, 3.8) is 0 Å². The van der Waals surface area contributed by atoms with Gasteiger partial charge in [0.15, 0.2) is 5.13 Å². The van der Waals surface area contributed by atoms with Gasteiger partial charge in [0.1, 0.15) is 11.6 Å². The van der Waals surface area contributed by atoms with Crippen molar-refractivity contribution in [2.75, 3.05) is 11.9 Å². The molecule has 1 fully saturated rings. The summed E-state index contributed by atoms with van der Waals surface area (Å²) in [6.45, 7) is 2.62. The van der Waals surface area contributed by atoms with E-state index in [1.54, 1.807) is 6.20 Å². The Morgan fingerprint density at radius 1 is 1.27 bits per heavy atom. The van der Waals surface area contributed by atoms with Crippen LogP contribution in [-0.4, -0.2) is 32.3 Å². The zero-order chi connectivity index (χ0) is 17.9. The molecule has 0 bridgehead atoms. The van der Waals surface area contributed by atoms with E-state index in [1.807, 2.05) is 53.6 Å². The highest BCUT2D eigenvalue weighted by Crippen LogP contribution is 2.33. The van der Waals surface area contributed by atoms with E-state index in [-0.39, 0.29) is 11.9 Å². The number of likely N-dealkylation sites (tertiary alicyclic amines) is 1. The Morgan fingerprint density at radius 2 is 2.12 bits per heavy atom. The molecule has 1 amide bonds. The molecule has 7 heteroatoms. The molecule has 1 saturated heterocycles. The number of anilines is 2. The van der Waals surface area contributed by atoms with Gasteiger partial charge in [-0.1, -0.05) is 18.2 Å². The summed E-state index contributed by atoms with van der Waals surface area (Å²) < 4.78 is 0. The van der Waals surface area contributed by atoms with Crippen LogP contribution in [0.4, 0.5) is 10.9 Å². The van der Waals surface area contributed by atoms with Crippen molar-refractivity contribution in [1.29, 1.82) is 0 Å². The van der Waals surface area contributed by atoms with Gasteiger partial charge in [0.25, 0.3) is 5.91 Å². The van der Waals surface area contributed by atoms with Crippen molar-refractivity contribution in [3.8, 4) is 0 Å². The summed E-state index contributed by atoms with van der Waals surface area (Å²) in [5.41, 5.74) is 1.59. The summed E-state index contributed by atoms with van der Waals surface area (Å²) in [5, 5.41) is 5.92. The Labute approximate surface area is 155 Å². The van der Waals surface area contributed by atoms with E-state index >= 15 is 0 Å². The molecular formula is C19H19N5OS. The minimum Gasteiger partial charge on any atom is -0.330 e. The van der Waals surface area contributed by atoms with Gasteiger partial charge in [-0.05, 0) is 31.9 Å². The standard InChI is InChI=1S/C19H19N5OS/c1-13-21-15(12-17(22-13)23-19-20-9-11-26-19)16-8-5-10-24(16)18(25)14-6-3-2-4-7-14/h2-4,6-7,9,11-12,16H,5,8,10H2,1H3,(H,20,21,22,23). The fourth-order valence-corrected chi connectivity index (χ4v) is 3.82. The molecule has 3 aromatic rings. The summed E-state index contributed by atoms with van der Waals surface area (Å²) in [6, 6.07) is 11.3. The summed E-state index contributed by atoms with van der Waals surface area (Å²) in [5.74, 6) is 1.45. The molecule has 6 nitrogen and oxygen atoms in total. The SMILES string of the molecule is Cc1nc(Nc2nccs2)cc(C2CCCN2C(=O)c2ccccc2)n1. The predicted molar refractivity (Wildman–Crippen MR) is 102 cm³/mol. The first kappa shape index (κ1) is 16.7. The third-order valence-corrected chi connectivity index (χ3v) is 5.09. The Hall–Kier alpha value is -2.80. The van der Waals surface area contributed by atoms with E-state index in [2.05, 4.69) is 20.3 Å². The monoisotopic (exact) mass is 365 g/mol. The van der Waals surface area contributed by atoms with Gasteiger partial charge >= 0.3 is 0 Å². The van der Waals surface area contributed by atoms with Gasteiger partial charge in [0.2, 0.25) is 0 Å². The molecule has 132 valence electrons. The van der Waals surface area contributed by atoms with Crippen LogP contribution in [-0.2, 0) is 0 Å². The van der Waals surface area contributed by atoms with Crippen molar-refractivity contribution in [1.82, 2.24) is 19.9 Å². The second kappa shape index (κ2) is 7.21. The summed E-state index contributed by atoms with van der Waals surface area (Å²) in [6.07, 6.45) is 3.63. The first-order chi connectivity index (χ1) is 12.7. The predicted octanol–water partition coefficient (Wildman–Crippen LogP) is 3.96. The molecule has 1 aromatic carbocycles. The van der Waals surface area contributed by atoms with E-state index < -0.39 is 0 Å². The lowest BCUT2D eigenvalue weighted by Crippen LogP contribution is -2.31. The van der Waals surface area contributed by atoms with E-state index in [0.717, 1.165) is 30.2 Å². The topological polar surface area (TPSA) is 71.0 Å². The molecule has 1 aliphatic rings. The summed E-state index contributed by atoms with van der Waals surface area (Å²) in [4.78, 5) is 28.1. The molecule has 0 saturated carbocycles. The Kier molecular flexibility index (Phi) is 4.62. The van der Waals surface area contributed by atoms with Crippen LogP contribution in [0.3, 0.4) is 0 Å². The molecular weight excluding hydrogens is 346 g/mol. The smallest absolute Gasteiger partial charge is 0.254 e.